The molecule has 7 nitrogen and oxygen atoms in total. The molecule has 0 bridgehead atoms. The zero-order chi connectivity index (χ0) is 17.2. The molecule has 4 heterocycles. The molecule has 25 heavy (non-hydrogen) atoms. The van der Waals surface area contributed by atoms with Crippen LogP contribution in [0.4, 0.5) is 0 Å². The summed E-state index contributed by atoms with van der Waals surface area (Å²) in [5.74, 6) is 1.06. The Morgan fingerprint density at radius 1 is 1.16 bits per heavy atom. The van der Waals surface area contributed by atoms with Gasteiger partial charge in [0.05, 0.1) is 24.0 Å². The summed E-state index contributed by atoms with van der Waals surface area (Å²) in [6, 6.07) is 5.63. The average molecular weight is 336 g/mol. The number of carbonyl (C=O) groups is 1. The molecule has 0 N–H and O–H groups in total. The third-order valence-corrected chi connectivity index (χ3v) is 4.55. The first kappa shape index (κ1) is 15.6. The van der Waals surface area contributed by atoms with Crippen LogP contribution in [0.15, 0.2) is 43.0 Å². The minimum Gasteiger partial charge on any atom is -0.336 e. The van der Waals surface area contributed by atoms with Crippen LogP contribution in [-0.4, -0.2) is 48.2 Å². The SMILES string of the molecule is Cc1ccc(C(=O)N2CCc3ncc(Cn4cccn4)n3CC2)cn1. The fraction of sp³-hybridized carbons (Fsp3) is 0.333. The van der Waals surface area contributed by atoms with Crippen molar-refractivity contribution >= 4 is 5.91 Å². The topological polar surface area (TPSA) is 68.8 Å². The molecule has 1 aliphatic rings. The fourth-order valence-corrected chi connectivity index (χ4v) is 3.16. The molecule has 0 radical (unpaired) electrons. The Bertz CT molecular complexity index is 866. The van der Waals surface area contributed by atoms with Gasteiger partial charge in [-0.15, -0.1) is 0 Å². The first-order valence-electron chi connectivity index (χ1n) is 8.43. The molecule has 4 rings (SSSR count). The van der Waals surface area contributed by atoms with E-state index in [2.05, 4.69) is 19.6 Å². The molecular formula is C18H20N6O. The summed E-state index contributed by atoms with van der Waals surface area (Å²) < 4.78 is 4.10. The summed E-state index contributed by atoms with van der Waals surface area (Å²) in [6.07, 6.45) is 8.04. The van der Waals surface area contributed by atoms with Crippen LogP contribution in [0, 0.1) is 6.92 Å². The summed E-state index contributed by atoms with van der Waals surface area (Å²) in [6.45, 7) is 4.69. The minimum atomic E-state index is 0.0341. The van der Waals surface area contributed by atoms with Crippen LogP contribution >= 0.6 is 0 Å². The Labute approximate surface area is 145 Å². The van der Waals surface area contributed by atoms with Gasteiger partial charge in [0.2, 0.25) is 0 Å². The second kappa shape index (κ2) is 6.51. The quantitative estimate of drug-likeness (QED) is 0.727. The van der Waals surface area contributed by atoms with Crippen molar-refractivity contribution in [3.05, 3.63) is 65.8 Å². The van der Waals surface area contributed by atoms with Gasteiger partial charge in [-0.25, -0.2) is 4.98 Å². The predicted molar refractivity (Wildman–Crippen MR) is 92.1 cm³/mol. The molecule has 0 saturated heterocycles. The largest absolute Gasteiger partial charge is 0.336 e. The number of rotatable bonds is 3. The van der Waals surface area contributed by atoms with Gasteiger partial charge in [0.25, 0.3) is 5.91 Å². The van der Waals surface area contributed by atoms with Gasteiger partial charge in [-0.2, -0.15) is 5.10 Å². The van der Waals surface area contributed by atoms with Gasteiger partial charge >= 0.3 is 0 Å². The highest BCUT2D eigenvalue weighted by atomic mass is 16.2. The maximum absolute atomic E-state index is 12.7. The van der Waals surface area contributed by atoms with E-state index < -0.39 is 0 Å². The van der Waals surface area contributed by atoms with Gasteiger partial charge in [0.1, 0.15) is 5.82 Å². The molecule has 0 fully saturated rings. The van der Waals surface area contributed by atoms with E-state index in [1.54, 1.807) is 12.4 Å². The van der Waals surface area contributed by atoms with E-state index in [1.165, 1.54) is 0 Å². The van der Waals surface area contributed by atoms with E-state index in [-0.39, 0.29) is 5.91 Å². The van der Waals surface area contributed by atoms with Crippen molar-refractivity contribution in [2.24, 2.45) is 0 Å². The van der Waals surface area contributed by atoms with E-state index in [9.17, 15) is 4.79 Å². The van der Waals surface area contributed by atoms with Gasteiger partial charge in [-0.05, 0) is 25.1 Å². The summed E-state index contributed by atoms with van der Waals surface area (Å²) in [7, 11) is 0. The molecular weight excluding hydrogens is 316 g/mol. The van der Waals surface area contributed by atoms with Crippen LogP contribution in [-0.2, 0) is 19.5 Å². The summed E-state index contributed by atoms with van der Waals surface area (Å²) in [4.78, 5) is 23.4. The standard InChI is InChI=1S/C18H20N6O/c1-14-3-4-15(11-19-14)18(25)22-8-5-17-20-12-16(24(17)10-9-22)13-23-7-2-6-21-23/h2-4,6-7,11-12H,5,8-10,13H2,1H3. The van der Waals surface area contributed by atoms with Gasteiger partial charge in [-0.3, -0.25) is 14.5 Å². The van der Waals surface area contributed by atoms with Crippen molar-refractivity contribution in [3.8, 4) is 0 Å². The second-order valence-electron chi connectivity index (χ2n) is 6.25. The highest BCUT2D eigenvalue weighted by molar-refractivity contribution is 5.93. The van der Waals surface area contributed by atoms with Gasteiger partial charge in [-0.1, -0.05) is 0 Å². The molecule has 0 aliphatic carbocycles. The number of fused-ring (bicyclic) bond motifs is 1. The van der Waals surface area contributed by atoms with E-state index in [1.807, 2.05) is 47.1 Å². The van der Waals surface area contributed by atoms with Gasteiger partial charge in [0, 0.05) is 50.3 Å². The average Bonchev–Trinajstić information content (AvgIpc) is 3.21. The number of aromatic nitrogens is 5. The lowest BCUT2D eigenvalue weighted by Crippen LogP contribution is -2.33. The number of amides is 1. The Morgan fingerprint density at radius 2 is 2.08 bits per heavy atom. The lowest BCUT2D eigenvalue weighted by Gasteiger charge is -2.20. The van der Waals surface area contributed by atoms with Crippen LogP contribution < -0.4 is 0 Å². The van der Waals surface area contributed by atoms with Crippen molar-refractivity contribution in [1.82, 2.24) is 29.2 Å². The Kier molecular flexibility index (Phi) is 4.05. The molecule has 0 unspecified atom stereocenters. The number of pyridine rings is 1. The summed E-state index contributed by atoms with van der Waals surface area (Å²) in [5, 5.41) is 4.26. The summed E-state index contributed by atoms with van der Waals surface area (Å²) in [5.41, 5.74) is 2.67. The van der Waals surface area contributed by atoms with Crippen molar-refractivity contribution in [1.29, 1.82) is 0 Å². The maximum Gasteiger partial charge on any atom is 0.255 e. The number of hydrogen-bond acceptors (Lipinski definition) is 4. The third-order valence-electron chi connectivity index (χ3n) is 4.55. The zero-order valence-electron chi connectivity index (χ0n) is 14.2. The van der Waals surface area contributed by atoms with Crippen molar-refractivity contribution in [2.75, 3.05) is 13.1 Å². The van der Waals surface area contributed by atoms with Crippen LogP contribution in [0.3, 0.4) is 0 Å². The predicted octanol–water partition coefficient (Wildman–Crippen LogP) is 1.53. The monoisotopic (exact) mass is 336 g/mol. The molecule has 0 spiro atoms. The molecule has 1 amide bonds. The van der Waals surface area contributed by atoms with Crippen molar-refractivity contribution in [3.63, 3.8) is 0 Å². The second-order valence-corrected chi connectivity index (χ2v) is 6.25. The smallest absolute Gasteiger partial charge is 0.255 e. The molecule has 1 aliphatic heterocycles. The first-order chi connectivity index (χ1) is 12.2. The number of carbonyl (C=O) groups excluding carboxylic acids is 1. The molecule has 7 heteroatoms. The zero-order valence-corrected chi connectivity index (χ0v) is 14.2. The van der Waals surface area contributed by atoms with Gasteiger partial charge < -0.3 is 9.47 Å². The summed E-state index contributed by atoms with van der Waals surface area (Å²) >= 11 is 0. The Hall–Kier alpha value is -2.96. The third kappa shape index (κ3) is 3.17. The molecule has 3 aromatic heterocycles. The molecule has 0 atom stereocenters. The molecule has 0 saturated carbocycles. The number of aryl methyl sites for hydroxylation is 1. The van der Waals surface area contributed by atoms with E-state index >= 15 is 0 Å². The lowest BCUT2D eigenvalue weighted by molar-refractivity contribution is 0.0758. The van der Waals surface area contributed by atoms with Crippen molar-refractivity contribution in [2.45, 2.75) is 26.4 Å². The maximum atomic E-state index is 12.7. The lowest BCUT2D eigenvalue weighted by atomic mass is 10.2. The molecule has 128 valence electrons. The number of imidazole rings is 1. The van der Waals surface area contributed by atoms with E-state index in [0.29, 0.717) is 25.2 Å². The normalized spacial score (nSPS) is 14.2. The number of hydrogen-bond donors (Lipinski definition) is 0. The van der Waals surface area contributed by atoms with Crippen LogP contribution in [0.5, 0.6) is 0 Å². The fourth-order valence-electron chi connectivity index (χ4n) is 3.16. The Morgan fingerprint density at radius 3 is 2.84 bits per heavy atom. The molecule has 3 aromatic rings. The molecule has 0 aromatic carbocycles. The van der Waals surface area contributed by atoms with Crippen LogP contribution in [0.25, 0.3) is 0 Å². The van der Waals surface area contributed by atoms with E-state index in [0.717, 1.165) is 30.2 Å². The van der Waals surface area contributed by atoms with Crippen LogP contribution in [0.2, 0.25) is 0 Å². The van der Waals surface area contributed by atoms with Crippen molar-refractivity contribution < 1.29 is 4.79 Å². The first-order valence-corrected chi connectivity index (χ1v) is 8.43. The minimum absolute atomic E-state index is 0.0341. The van der Waals surface area contributed by atoms with Gasteiger partial charge in [0.15, 0.2) is 0 Å². The van der Waals surface area contributed by atoms with E-state index in [4.69, 9.17) is 0 Å². The van der Waals surface area contributed by atoms with Crippen LogP contribution in [0.1, 0.15) is 27.6 Å². The Balaban J connectivity index is 1.49. The highest BCUT2D eigenvalue weighted by Crippen LogP contribution is 2.14. The highest BCUT2D eigenvalue weighted by Gasteiger charge is 2.22. The number of nitrogens with zero attached hydrogens (tertiary/aromatic N) is 6.